The Hall–Kier alpha value is -3.59. The SMILES string of the molecule is C=CCOc1c(Br)cc(-c2nn(-c3ccccc3)c(C(=O)OC)c2C(=O)OC)cc1OC. The Labute approximate surface area is 193 Å². The summed E-state index contributed by atoms with van der Waals surface area (Å²) in [6.45, 7) is 3.92. The number of hydrogen-bond acceptors (Lipinski definition) is 7. The van der Waals surface area contributed by atoms with Crippen molar-refractivity contribution >= 4 is 27.9 Å². The third kappa shape index (κ3) is 4.38. The lowest BCUT2D eigenvalue weighted by molar-refractivity contribution is 0.0549. The first-order valence-corrected chi connectivity index (χ1v) is 10.2. The minimum atomic E-state index is -0.732. The van der Waals surface area contributed by atoms with Gasteiger partial charge in [-0.25, -0.2) is 14.3 Å². The van der Waals surface area contributed by atoms with E-state index in [2.05, 4.69) is 27.6 Å². The van der Waals surface area contributed by atoms with Crippen LogP contribution in [-0.2, 0) is 9.47 Å². The van der Waals surface area contributed by atoms with Crippen LogP contribution in [0.5, 0.6) is 11.5 Å². The van der Waals surface area contributed by atoms with Crippen LogP contribution in [0, 0.1) is 0 Å². The predicted octanol–water partition coefficient (Wildman–Crippen LogP) is 4.45. The molecule has 0 saturated carbocycles. The van der Waals surface area contributed by atoms with E-state index in [0.717, 1.165) is 0 Å². The van der Waals surface area contributed by atoms with Crippen LogP contribution < -0.4 is 9.47 Å². The monoisotopic (exact) mass is 500 g/mol. The van der Waals surface area contributed by atoms with Gasteiger partial charge in [-0.05, 0) is 40.2 Å². The first kappa shape index (κ1) is 23.1. The lowest BCUT2D eigenvalue weighted by atomic mass is 10.0. The quantitative estimate of drug-likeness (QED) is 0.333. The molecule has 0 atom stereocenters. The van der Waals surface area contributed by atoms with Crippen molar-refractivity contribution in [2.75, 3.05) is 27.9 Å². The van der Waals surface area contributed by atoms with Crippen LogP contribution in [0.3, 0.4) is 0 Å². The highest BCUT2D eigenvalue weighted by Crippen LogP contribution is 2.41. The molecule has 1 heterocycles. The zero-order valence-corrected chi connectivity index (χ0v) is 19.3. The van der Waals surface area contributed by atoms with E-state index in [9.17, 15) is 9.59 Å². The van der Waals surface area contributed by atoms with Crippen LogP contribution in [0.1, 0.15) is 20.8 Å². The molecule has 32 heavy (non-hydrogen) atoms. The zero-order chi connectivity index (χ0) is 23.3. The van der Waals surface area contributed by atoms with Crippen LogP contribution in [0.25, 0.3) is 16.9 Å². The lowest BCUT2D eigenvalue weighted by Crippen LogP contribution is -2.15. The van der Waals surface area contributed by atoms with Gasteiger partial charge >= 0.3 is 11.9 Å². The summed E-state index contributed by atoms with van der Waals surface area (Å²) in [5, 5.41) is 4.58. The fourth-order valence-corrected chi connectivity index (χ4v) is 3.65. The van der Waals surface area contributed by atoms with Crippen molar-refractivity contribution in [2.45, 2.75) is 0 Å². The molecule has 0 saturated heterocycles. The van der Waals surface area contributed by atoms with Crippen LogP contribution in [0.4, 0.5) is 0 Å². The van der Waals surface area contributed by atoms with Crippen LogP contribution in [0.2, 0.25) is 0 Å². The maximum atomic E-state index is 12.8. The maximum Gasteiger partial charge on any atom is 0.357 e. The number of hydrogen-bond donors (Lipinski definition) is 0. The van der Waals surface area contributed by atoms with Crippen molar-refractivity contribution in [1.82, 2.24) is 9.78 Å². The summed E-state index contributed by atoms with van der Waals surface area (Å²) in [4.78, 5) is 25.5. The van der Waals surface area contributed by atoms with Crippen molar-refractivity contribution in [1.29, 1.82) is 0 Å². The Morgan fingerprint density at radius 2 is 1.78 bits per heavy atom. The van der Waals surface area contributed by atoms with Crippen molar-refractivity contribution in [2.24, 2.45) is 0 Å². The molecule has 166 valence electrons. The first-order chi connectivity index (χ1) is 15.5. The summed E-state index contributed by atoms with van der Waals surface area (Å²) in [5.74, 6) is -0.595. The van der Waals surface area contributed by atoms with Gasteiger partial charge in [-0.15, -0.1) is 0 Å². The van der Waals surface area contributed by atoms with E-state index in [-0.39, 0.29) is 23.6 Å². The van der Waals surface area contributed by atoms with E-state index >= 15 is 0 Å². The topological polar surface area (TPSA) is 88.9 Å². The molecule has 3 rings (SSSR count). The van der Waals surface area contributed by atoms with Crippen molar-refractivity contribution < 1.29 is 28.5 Å². The minimum Gasteiger partial charge on any atom is -0.493 e. The molecule has 8 nitrogen and oxygen atoms in total. The van der Waals surface area contributed by atoms with Gasteiger partial charge in [0.2, 0.25) is 0 Å². The van der Waals surface area contributed by atoms with Gasteiger partial charge in [0.15, 0.2) is 17.2 Å². The van der Waals surface area contributed by atoms with Gasteiger partial charge < -0.3 is 18.9 Å². The molecular formula is C23H21BrN2O6. The summed E-state index contributed by atoms with van der Waals surface area (Å²) in [7, 11) is 3.96. The summed E-state index contributed by atoms with van der Waals surface area (Å²) in [6, 6.07) is 12.3. The maximum absolute atomic E-state index is 12.8. The average molecular weight is 501 g/mol. The summed E-state index contributed by atoms with van der Waals surface area (Å²) in [5.41, 5.74) is 1.20. The Morgan fingerprint density at radius 1 is 1.09 bits per heavy atom. The fraction of sp³-hybridized carbons (Fsp3) is 0.174. The molecular weight excluding hydrogens is 480 g/mol. The summed E-state index contributed by atoms with van der Waals surface area (Å²) in [6.07, 6.45) is 1.61. The highest BCUT2D eigenvalue weighted by molar-refractivity contribution is 9.10. The molecule has 0 fully saturated rings. The standard InChI is InChI=1S/C23H21BrN2O6/c1-5-11-32-21-16(24)12-14(13-17(21)29-2)19-18(22(27)30-3)20(23(28)31-4)26(25-19)15-9-7-6-8-10-15/h5-10,12-13H,1,11H2,2-4H3. The average Bonchev–Trinajstić information content (AvgIpc) is 3.23. The Kier molecular flexibility index (Phi) is 7.32. The Balaban J connectivity index is 2.32. The second kappa shape index (κ2) is 10.1. The molecule has 0 amide bonds. The lowest BCUT2D eigenvalue weighted by Gasteiger charge is -2.13. The largest absolute Gasteiger partial charge is 0.493 e. The molecule has 0 unspecified atom stereocenters. The van der Waals surface area contributed by atoms with E-state index in [1.165, 1.54) is 26.0 Å². The first-order valence-electron chi connectivity index (χ1n) is 9.43. The third-order valence-corrected chi connectivity index (χ3v) is 5.09. The minimum absolute atomic E-state index is 0.0306. The number of esters is 2. The Morgan fingerprint density at radius 3 is 2.38 bits per heavy atom. The molecule has 0 spiro atoms. The van der Waals surface area contributed by atoms with Gasteiger partial charge in [0, 0.05) is 5.56 Å². The van der Waals surface area contributed by atoms with Gasteiger partial charge in [0.1, 0.15) is 17.9 Å². The normalized spacial score (nSPS) is 10.4. The predicted molar refractivity (Wildman–Crippen MR) is 122 cm³/mol. The van der Waals surface area contributed by atoms with Gasteiger partial charge in [-0.3, -0.25) is 0 Å². The highest BCUT2D eigenvalue weighted by Gasteiger charge is 2.32. The molecule has 0 aliphatic carbocycles. The zero-order valence-electron chi connectivity index (χ0n) is 17.8. The Bertz CT molecular complexity index is 1160. The van der Waals surface area contributed by atoms with E-state index in [0.29, 0.717) is 27.2 Å². The number of aromatic nitrogens is 2. The van der Waals surface area contributed by atoms with Gasteiger partial charge in [0.25, 0.3) is 0 Å². The molecule has 1 aromatic heterocycles. The second-order valence-electron chi connectivity index (χ2n) is 6.39. The molecule has 0 radical (unpaired) electrons. The van der Waals surface area contributed by atoms with E-state index in [4.69, 9.17) is 18.9 Å². The fourth-order valence-electron chi connectivity index (χ4n) is 3.10. The van der Waals surface area contributed by atoms with Gasteiger partial charge in [0.05, 0.1) is 31.5 Å². The number of methoxy groups -OCH3 is 3. The molecule has 0 N–H and O–H groups in total. The number of para-hydroxylation sites is 1. The van der Waals surface area contributed by atoms with Crippen LogP contribution >= 0.6 is 15.9 Å². The third-order valence-electron chi connectivity index (χ3n) is 4.50. The smallest absolute Gasteiger partial charge is 0.357 e. The molecule has 2 aromatic carbocycles. The van der Waals surface area contributed by atoms with E-state index < -0.39 is 11.9 Å². The second-order valence-corrected chi connectivity index (χ2v) is 7.25. The van der Waals surface area contributed by atoms with Crippen LogP contribution in [0.15, 0.2) is 59.6 Å². The van der Waals surface area contributed by atoms with Crippen molar-refractivity contribution in [3.8, 4) is 28.4 Å². The van der Waals surface area contributed by atoms with Gasteiger partial charge in [-0.1, -0.05) is 30.9 Å². The highest BCUT2D eigenvalue weighted by atomic mass is 79.9. The number of benzene rings is 2. The number of ether oxygens (including phenoxy) is 4. The summed E-state index contributed by atoms with van der Waals surface area (Å²) < 4.78 is 23.0. The molecule has 9 heteroatoms. The van der Waals surface area contributed by atoms with Crippen molar-refractivity contribution in [3.05, 3.63) is 70.8 Å². The molecule has 0 aliphatic heterocycles. The number of halogens is 1. The van der Waals surface area contributed by atoms with Crippen molar-refractivity contribution in [3.63, 3.8) is 0 Å². The number of carbonyl (C=O) groups is 2. The molecule has 3 aromatic rings. The van der Waals surface area contributed by atoms with Crippen LogP contribution in [-0.4, -0.2) is 49.7 Å². The summed E-state index contributed by atoms with van der Waals surface area (Å²) >= 11 is 3.48. The van der Waals surface area contributed by atoms with E-state index in [1.807, 2.05) is 6.07 Å². The molecule has 0 bridgehead atoms. The molecule has 0 aliphatic rings. The van der Waals surface area contributed by atoms with Gasteiger partial charge in [-0.2, -0.15) is 5.10 Å². The van der Waals surface area contributed by atoms with E-state index in [1.54, 1.807) is 42.5 Å². The number of carbonyl (C=O) groups excluding carboxylic acids is 2. The number of nitrogens with zero attached hydrogens (tertiary/aromatic N) is 2. The number of rotatable bonds is 8.